The van der Waals surface area contributed by atoms with E-state index in [0.717, 1.165) is 18.3 Å². The van der Waals surface area contributed by atoms with Crippen molar-refractivity contribution in [1.82, 2.24) is 0 Å². The molecule has 1 amide bonds. The van der Waals surface area contributed by atoms with Gasteiger partial charge in [0, 0.05) is 22.9 Å². The molecule has 1 unspecified atom stereocenters. The van der Waals surface area contributed by atoms with Gasteiger partial charge in [-0.1, -0.05) is 17.7 Å². The Morgan fingerprint density at radius 2 is 1.72 bits per heavy atom. The van der Waals surface area contributed by atoms with Gasteiger partial charge in [0.25, 0.3) is 6.43 Å². The molecule has 1 aliphatic carbocycles. The van der Waals surface area contributed by atoms with Crippen molar-refractivity contribution >= 4 is 29.2 Å². The SMILES string of the molecule is O=C(O)c1ccc(NC(=O)C(CC2CCC(O)CC2)c2ccc(-c3c(C(F)F)ccc(Cl)c3F)c[n+]2[O-])cc1. The Morgan fingerprint density at radius 3 is 2.31 bits per heavy atom. The van der Waals surface area contributed by atoms with Crippen LogP contribution < -0.4 is 10.0 Å². The summed E-state index contributed by atoms with van der Waals surface area (Å²) in [7, 11) is 0. The standard InChI is InChI=1S/C28H26ClF3N2O5/c29-22-11-10-20(26(31)32)24(25(22)30)17-5-12-23(34(39)14-17)21(13-15-1-8-19(35)9-2-15)27(36)33-18-6-3-16(4-7-18)28(37)38/h3-7,10-12,14-15,19,21,26,35H,1-2,8-9,13H2,(H,33,36)(H,37,38). The first kappa shape index (κ1) is 28.4. The molecule has 39 heavy (non-hydrogen) atoms. The van der Waals surface area contributed by atoms with E-state index in [2.05, 4.69) is 5.32 Å². The maximum absolute atomic E-state index is 14.8. The van der Waals surface area contributed by atoms with Crippen LogP contribution in [0.15, 0.2) is 54.7 Å². The zero-order valence-electron chi connectivity index (χ0n) is 20.6. The van der Waals surface area contributed by atoms with E-state index in [4.69, 9.17) is 16.7 Å². The predicted octanol–water partition coefficient (Wildman–Crippen LogP) is 6.08. The number of amides is 1. The molecule has 1 aliphatic rings. The van der Waals surface area contributed by atoms with Crippen LogP contribution in [0, 0.1) is 16.9 Å². The molecule has 0 saturated heterocycles. The molecule has 0 spiro atoms. The van der Waals surface area contributed by atoms with E-state index in [1.807, 2.05) is 0 Å². The summed E-state index contributed by atoms with van der Waals surface area (Å²) in [4.78, 5) is 24.5. The quantitative estimate of drug-likeness (QED) is 0.227. The second-order valence-electron chi connectivity index (χ2n) is 9.63. The summed E-state index contributed by atoms with van der Waals surface area (Å²) in [6.07, 6.45) is 0.235. The second kappa shape index (κ2) is 12.0. The zero-order chi connectivity index (χ0) is 28.3. The van der Waals surface area contributed by atoms with Gasteiger partial charge in [0.1, 0.15) is 11.7 Å². The first-order valence-electron chi connectivity index (χ1n) is 12.4. The highest BCUT2D eigenvalue weighted by molar-refractivity contribution is 6.31. The van der Waals surface area contributed by atoms with Crippen molar-refractivity contribution in [1.29, 1.82) is 0 Å². The number of hydrogen-bond acceptors (Lipinski definition) is 4. The third kappa shape index (κ3) is 6.51. The van der Waals surface area contributed by atoms with E-state index in [-0.39, 0.29) is 34.2 Å². The Morgan fingerprint density at radius 1 is 1.05 bits per heavy atom. The van der Waals surface area contributed by atoms with Gasteiger partial charge in [-0.15, -0.1) is 0 Å². The van der Waals surface area contributed by atoms with Crippen molar-refractivity contribution in [2.75, 3.05) is 5.32 Å². The molecular formula is C28H26ClF3N2O5. The number of aliphatic hydroxyl groups excluding tert-OH is 1. The zero-order valence-corrected chi connectivity index (χ0v) is 21.4. The van der Waals surface area contributed by atoms with Crippen LogP contribution in [-0.2, 0) is 4.79 Å². The van der Waals surface area contributed by atoms with E-state index in [9.17, 15) is 33.1 Å². The normalized spacial score (nSPS) is 18.1. The number of nitrogens with zero attached hydrogens (tertiary/aromatic N) is 1. The third-order valence-corrected chi connectivity index (χ3v) is 7.35. The number of carbonyl (C=O) groups is 2. The molecule has 2 aromatic carbocycles. The molecule has 206 valence electrons. The number of carboxylic acids is 1. The number of hydrogen-bond donors (Lipinski definition) is 3. The molecule has 1 fully saturated rings. The van der Waals surface area contributed by atoms with Crippen molar-refractivity contribution in [2.24, 2.45) is 5.92 Å². The molecule has 1 saturated carbocycles. The van der Waals surface area contributed by atoms with Crippen LogP contribution in [0.4, 0.5) is 18.9 Å². The minimum absolute atomic E-state index is 0.0329. The average molecular weight is 563 g/mol. The van der Waals surface area contributed by atoms with Gasteiger partial charge in [-0.2, -0.15) is 4.73 Å². The summed E-state index contributed by atoms with van der Waals surface area (Å²) in [6.45, 7) is 0. The molecule has 3 aromatic rings. The smallest absolute Gasteiger partial charge is 0.335 e. The first-order chi connectivity index (χ1) is 18.5. The van der Waals surface area contributed by atoms with E-state index in [0.29, 0.717) is 36.1 Å². The largest absolute Gasteiger partial charge is 0.618 e. The molecule has 3 N–H and O–H groups in total. The van der Waals surface area contributed by atoms with Gasteiger partial charge < -0.3 is 20.7 Å². The molecule has 7 nitrogen and oxygen atoms in total. The molecule has 1 aromatic heterocycles. The predicted molar refractivity (Wildman–Crippen MR) is 138 cm³/mol. The number of aromatic carboxylic acids is 1. The summed E-state index contributed by atoms with van der Waals surface area (Å²) in [6, 6.07) is 10.2. The maximum atomic E-state index is 14.8. The number of alkyl halides is 2. The number of aromatic nitrogens is 1. The van der Waals surface area contributed by atoms with Crippen LogP contribution in [0.25, 0.3) is 11.1 Å². The molecule has 1 atom stereocenters. The average Bonchev–Trinajstić information content (AvgIpc) is 2.90. The summed E-state index contributed by atoms with van der Waals surface area (Å²) in [5.41, 5.74) is -0.835. The van der Waals surface area contributed by atoms with Crippen LogP contribution in [0.3, 0.4) is 0 Å². The summed E-state index contributed by atoms with van der Waals surface area (Å²) in [5.74, 6) is -3.65. The molecule has 0 aliphatic heterocycles. The summed E-state index contributed by atoms with van der Waals surface area (Å²) < 4.78 is 42.4. The Kier molecular flexibility index (Phi) is 8.76. The Bertz CT molecular complexity index is 1360. The highest BCUT2D eigenvalue weighted by atomic mass is 35.5. The summed E-state index contributed by atoms with van der Waals surface area (Å²) >= 11 is 5.82. The number of nitrogens with one attached hydrogen (secondary N) is 1. The van der Waals surface area contributed by atoms with Crippen molar-refractivity contribution in [2.45, 2.75) is 50.6 Å². The van der Waals surface area contributed by atoms with Crippen molar-refractivity contribution < 1.29 is 37.7 Å². The van der Waals surface area contributed by atoms with E-state index in [1.165, 1.54) is 36.4 Å². The number of benzene rings is 2. The fourth-order valence-corrected chi connectivity index (χ4v) is 5.11. The lowest BCUT2D eigenvalue weighted by Gasteiger charge is -2.28. The fourth-order valence-electron chi connectivity index (χ4n) is 4.95. The highest BCUT2D eigenvalue weighted by Gasteiger charge is 2.33. The first-order valence-corrected chi connectivity index (χ1v) is 12.7. The van der Waals surface area contributed by atoms with Crippen LogP contribution >= 0.6 is 11.6 Å². The minimum atomic E-state index is -3.01. The van der Waals surface area contributed by atoms with Gasteiger partial charge in [0.2, 0.25) is 11.6 Å². The number of carboxylic acid groups (broad SMARTS) is 1. The maximum Gasteiger partial charge on any atom is 0.335 e. The molecular weight excluding hydrogens is 537 g/mol. The highest BCUT2D eigenvalue weighted by Crippen LogP contribution is 2.37. The van der Waals surface area contributed by atoms with Gasteiger partial charge in [-0.25, -0.2) is 18.0 Å². The van der Waals surface area contributed by atoms with Crippen LogP contribution in [0.2, 0.25) is 5.02 Å². The number of anilines is 1. The number of aliphatic hydroxyl groups is 1. The number of halogens is 4. The van der Waals surface area contributed by atoms with Gasteiger partial charge >= 0.3 is 5.97 Å². The van der Waals surface area contributed by atoms with E-state index >= 15 is 0 Å². The number of rotatable bonds is 8. The lowest BCUT2D eigenvalue weighted by Crippen LogP contribution is -2.38. The lowest BCUT2D eigenvalue weighted by atomic mass is 9.80. The number of carbonyl (C=O) groups excluding carboxylic acids is 1. The Hall–Kier alpha value is -3.63. The molecule has 1 heterocycles. The summed E-state index contributed by atoms with van der Waals surface area (Å²) in [5, 5.41) is 34.5. The van der Waals surface area contributed by atoms with Crippen LogP contribution in [-0.4, -0.2) is 28.2 Å². The van der Waals surface area contributed by atoms with Gasteiger partial charge in [-0.3, -0.25) is 4.79 Å². The molecule has 0 radical (unpaired) electrons. The fraction of sp³-hybridized carbons (Fsp3) is 0.321. The monoisotopic (exact) mass is 562 g/mol. The van der Waals surface area contributed by atoms with Gasteiger partial charge in [-0.05, 0) is 74.4 Å². The van der Waals surface area contributed by atoms with Crippen molar-refractivity contribution in [3.8, 4) is 11.1 Å². The minimum Gasteiger partial charge on any atom is -0.618 e. The topological polar surface area (TPSA) is 114 Å². The van der Waals surface area contributed by atoms with Crippen LogP contribution in [0.1, 0.15) is 66.1 Å². The van der Waals surface area contributed by atoms with Crippen molar-refractivity contribution in [3.05, 3.63) is 87.6 Å². The molecule has 4 rings (SSSR count). The van der Waals surface area contributed by atoms with Gasteiger partial charge in [0.15, 0.2) is 6.20 Å². The van der Waals surface area contributed by atoms with Crippen molar-refractivity contribution in [3.63, 3.8) is 0 Å². The number of pyridine rings is 1. The molecule has 0 bridgehead atoms. The third-order valence-electron chi connectivity index (χ3n) is 7.05. The van der Waals surface area contributed by atoms with E-state index in [1.54, 1.807) is 0 Å². The lowest BCUT2D eigenvalue weighted by molar-refractivity contribution is -0.614. The van der Waals surface area contributed by atoms with Crippen LogP contribution in [0.5, 0.6) is 0 Å². The Labute approximate surface area is 227 Å². The Balaban J connectivity index is 1.68. The molecule has 11 heteroatoms. The van der Waals surface area contributed by atoms with Gasteiger partial charge in [0.05, 0.1) is 22.3 Å². The second-order valence-corrected chi connectivity index (χ2v) is 10.0. The van der Waals surface area contributed by atoms with E-state index < -0.39 is 47.3 Å².